The van der Waals surface area contributed by atoms with Crippen LogP contribution in [0.25, 0.3) is 11.3 Å². The second-order valence-corrected chi connectivity index (χ2v) is 9.07. The molecule has 0 spiro atoms. The van der Waals surface area contributed by atoms with Gasteiger partial charge in [0.05, 0.1) is 19.0 Å². The Hall–Kier alpha value is -3.09. The lowest BCUT2D eigenvalue weighted by molar-refractivity contribution is 0.0958. The van der Waals surface area contributed by atoms with Gasteiger partial charge >= 0.3 is 0 Å². The number of H-pyrrole nitrogens is 1. The summed E-state index contributed by atoms with van der Waals surface area (Å²) in [6.07, 6.45) is 12.6. The predicted octanol–water partition coefficient (Wildman–Crippen LogP) is 5.48. The molecule has 33 heavy (non-hydrogen) atoms. The molecule has 2 unspecified atom stereocenters. The number of methoxy groups -OCH3 is 1. The van der Waals surface area contributed by atoms with Gasteiger partial charge in [-0.3, -0.25) is 9.89 Å². The molecule has 1 aliphatic rings. The van der Waals surface area contributed by atoms with Crippen molar-refractivity contribution >= 4 is 11.5 Å². The quantitative estimate of drug-likeness (QED) is 0.299. The third-order valence-corrected chi connectivity index (χ3v) is 6.97. The van der Waals surface area contributed by atoms with Gasteiger partial charge in [-0.05, 0) is 42.7 Å². The van der Waals surface area contributed by atoms with Crippen molar-refractivity contribution in [3.8, 4) is 17.1 Å². The summed E-state index contributed by atoms with van der Waals surface area (Å²) in [4.78, 5) is 12.8. The molecule has 1 aromatic carbocycles. The Morgan fingerprint density at radius 2 is 1.91 bits per heavy atom. The van der Waals surface area contributed by atoms with Crippen LogP contribution in [0, 0.1) is 11.8 Å². The first-order valence-corrected chi connectivity index (χ1v) is 12.1. The molecular weight excluding hydrogens is 414 g/mol. The van der Waals surface area contributed by atoms with Crippen LogP contribution in [-0.4, -0.2) is 39.4 Å². The number of anilines is 1. The number of rotatable bonds is 11. The Kier molecular flexibility index (Phi) is 7.81. The molecule has 0 saturated heterocycles. The molecule has 7 heteroatoms. The van der Waals surface area contributed by atoms with Crippen molar-refractivity contribution in [1.29, 1.82) is 0 Å². The minimum atomic E-state index is 0.251. The van der Waals surface area contributed by atoms with E-state index in [-0.39, 0.29) is 5.78 Å². The topological polar surface area (TPSA) is 84.8 Å². The van der Waals surface area contributed by atoms with E-state index in [4.69, 9.17) is 4.74 Å². The summed E-state index contributed by atoms with van der Waals surface area (Å²) in [6, 6.07) is 9.80. The van der Waals surface area contributed by atoms with Crippen LogP contribution in [0.15, 0.2) is 42.7 Å². The van der Waals surface area contributed by atoms with Gasteiger partial charge < -0.3 is 10.1 Å². The Morgan fingerprint density at radius 3 is 2.61 bits per heavy atom. The zero-order valence-electron chi connectivity index (χ0n) is 19.7. The SMILES string of the molecule is COc1c(NCCCC2CCCCC2CCC(=O)c2ccc(-c3ccn[nH]3)cc2)cnn1C. The van der Waals surface area contributed by atoms with Crippen LogP contribution >= 0.6 is 0 Å². The summed E-state index contributed by atoms with van der Waals surface area (Å²) >= 11 is 0. The number of hydrogen-bond donors (Lipinski definition) is 2. The number of ether oxygens (including phenoxy) is 1. The van der Waals surface area contributed by atoms with Crippen LogP contribution in [0.4, 0.5) is 5.69 Å². The molecular formula is C26H35N5O2. The third-order valence-electron chi connectivity index (χ3n) is 6.97. The first kappa shape index (κ1) is 23.1. The summed E-state index contributed by atoms with van der Waals surface area (Å²) in [5.41, 5.74) is 3.77. The molecule has 1 fully saturated rings. The first-order valence-electron chi connectivity index (χ1n) is 12.1. The van der Waals surface area contributed by atoms with Crippen molar-refractivity contribution < 1.29 is 9.53 Å². The highest BCUT2D eigenvalue weighted by molar-refractivity contribution is 5.96. The zero-order valence-corrected chi connectivity index (χ0v) is 19.7. The number of nitrogens with one attached hydrogen (secondary N) is 2. The van der Waals surface area contributed by atoms with Crippen LogP contribution in [0.5, 0.6) is 5.88 Å². The Bertz CT molecular complexity index is 1010. The van der Waals surface area contributed by atoms with Crippen molar-refractivity contribution in [2.45, 2.75) is 51.4 Å². The molecule has 1 aliphatic carbocycles. The molecule has 2 N–H and O–H groups in total. The lowest BCUT2D eigenvalue weighted by Gasteiger charge is -2.31. The molecule has 4 rings (SSSR count). The third kappa shape index (κ3) is 5.83. The molecule has 0 radical (unpaired) electrons. The first-order chi connectivity index (χ1) is 16.2. The van der Waals surface area contributed by atoms with Gasteiger partial charge in [0.25, 0.3) is 0 Å². The molecule has 2 heterocycles. The van der Waals surface area contributed by atoms with Gasteiger partial charge in [-0.2, -0.15) is 10.2 Å². The molecule has 176 valence electrons. The molecule has 0 aliphatic heterocycles. The van der Waals surface area contributed by atoms with E-state index in [9.17, 15) is 4.79 Å². The highest BCUT2D eigenvalue weighted by atomic mass is 16.5. The molecule has 0 amide bonds. The van der Waals surface area contributed by atoms with Crippen molar-refractivity contribution in [3.63, 3.8) is 0 Å². The maximum atomic E-state index is 12.8. The van der Waals surface area contributed by atoms with Gasteiger partial charge in [-0.1, -0.05) is 49.9 Å². The number of aryl methyl sites for hydroxylation is 1. The van der Waals surface area contributed by atoms with E-state index in [1.54, 1.807) is 18.0 Å². The lowest BCUT2D eigenvalue weighted by atomic mass is 9.74. The minimum absolute atomic E-state index is 0.251. The van der Waals surface area contributed by atoms with E-state index in [0.717, 1.165) is 47.8 Å². The van der Waals surface area contributed by atoms with Crippen molar-refractivity contribution in [2.24, 2.45) is 18.9 Å². The van der Waals surface area contributed by atoms with E-state index in [0.29, 0.717) is 18.3 Å². The number of benzene rings is 1. The fourth-order valence-corrected chi connectivity index (χ4v) is 5.13. The maximum Gasteiger partial charge on any atom is 0.235 e. The van der Waals surface area contributed by atoms with E-state index >= 15 is 0 Å². The highest BCUT2D eigenvalue weighted by Crippen LogP contribution is 2.36. The second kappa shape index (κ2) is 11.2. The smallest absolute Gasteiger partial charge is 0.235 e. The fourth-order valence-electron chi connectivity index (χ4n) is 5.13. The van der Waals surface area contributed by atoms with Crippen LogP contribution in [0.3, 0.4) is 0 Å². The van der Waals surface area contributed by atoms with Crippen LogP contribution in [0.1, 0.15) is 61.7 Å². The number of aromatic amines is 1. The predicted molar refractivity (Wildman–Crippen MR) is 131 cm³/mol. The van der Waals surface area contributed by atoms with Gasteiger partial charge in [0.2, 0.25) is 5.88 Å². The van der Waals surface area contributed by atoms with Gasteiger partial charge in [-0.25, -0.2) is 4.68 Å². The summed E-state index contributed by atoms with van der Waals surface area (Å²) in [5, 5.41) is 14.7. The van der Waals surface area contributed by atoms with Crippen molar-refractivity contribution in [2.75, 3.05) is 19.0 Å². The summed E-state index contributed by atoms with van der Waals surface area (Å²) in [5.74, 6) is 2.38. The van der Waals surface area contributed by atoms with Gasteiger partial charge in [0.1, 0.15) is 5.69 Å². The maximum absolute atomic E-state index is 12.8. The highest BCUT2D eigenvalue weighted by Gasteiger charge is 2.25. The molecule has 1 saturated carbocycles. The summed E-state index contributed by atoms with van der Waals surface area (Å²) in [6.45, 7) is 0.910. The van der Waals surface area contributed by atoms with Crippen LogP contribution < -0.4 is 10.1 Å². The molecule has 3 aromatic rings. The van der Waals surface area contributed by atoms with Gasteiger partial charge in [0, 0.05) is 31.8 Å². The van der Waals surface area contributed by atoms with E-state index < -0.39 is 0 Å². The largest absolute Gasteiger partial charge is 0.480 e. The second-order valence-electron chi connectivity index (χ2n) is 9.07. The zero-order chi connectivity index (χ0) is 23.0. The summed E-state index contributed by atoms with van der Waals surface area (Å²) in [7, 11) is 3.55. The molecule has 2 atom stereocenters. The van der Waals surface area contributed by atoms with Crippen LogP contribution in [-0.2, 0) is 7.05 Å². The van der Waals surface area contributed by atoms with Crippen molar-refractivity contribution in [1.82, 2.24) is 20.0 Å². The van der Waals surface area contributed by atoms with E-state index in [1.165, 1.54) is 32.1 Å². The number of carbonyl (C=O) groups is 1. The Balaban J connectivity index is 1.24. The lowest BCUT2D eigenvalue weighted by Crippen LogP contribution is -2.21. The van der Waals surface area contributed by atoms with Crippen molar-refractivity contribution in [3.05, 3.63) is 48.3 Å². The number of hydrogen-bond acceptors (Lipinski definition) is 5. The number of carbonyl (C=O) groups excluding carboxylic acids is 1. The number of aromatic nitrogens is 4. The Labute approximate surface area is 195 Å². The normalized spacial score (nSPS) is 18.2. The fraction of sp³-hybridized carbons (Fsp3) is 0.500. The standard InChI is InChI=1S/C26H35N5O2/c1-31-26(33-2)24(18-29-31)27-16-5-8-19-6-3-4-7-20(19)13-14-25(32)22-11-9-21(10-12-22)23-15-17-28-30-23/h9-12,15,17-20,27H,3-8,13-14,16H2,1-2H3,(H,28,30). The van der Waals surface area contributed by atoms with Gasteiger partial charge in [0.15, 0.2) is 5.78 Å². The van der Waals surface area contributed by atoms with E-state index in [1.807, 2.05) is 43.6 Å². The number of Topliss-reactive ketones (excluding diaryl/α,β-unsaturated/α-hetero) is 1. The number of nitrogens with zero attached hydrogens (tertiary/aromatic N) is 3. The minimum Gasteiger partial charge on any atom is -0.480 e. The van der Waals surface area contributed by atoms with E-state index in [2.05, 4.69) is 20.6 Å². The summed E-state index contributed by atoms with van der Waals surface area (Å²) < 4.78 is 7.14. The average Bonchev–Trinajstić information content (AvgIpc) is 3.51. The molecule has 0 bridgehead atoms. The monoisotopic (exact) mass is 449 g/mol. The average molecular weight is 450 g/mol. The number of ketones is 1. The van der Waals surface area contributed by atoms with Gasteiger partial charge in [-0.15, -0.1) is 0 Å². The van der Waals surface area contributed by atoms with Crippen LogP contribution in [0.2, 0.25) is 0 Å². The Morgan fingerprint density at radius 1 is 1.15 bits per heavy atom. The molecule has 7 nitrogen and oxygen atoms in total. The molecule has 2 aromatic heterocycles.